The molecule has 1 saturated carbocycles. The van der Waals surface area contributed by atoms with Gasteiger partial charge in [0, 0.05) is 12.5 Å². The molecule has 9 heteroatoms. The second-order valence-electron chi connectivity index (χ2n) is 7.78. The zero-order valence-electron chi connectivity index (χ0n) is 18.1. The molecule has 0 bridgehead atoms. The summed E-state index contributed by atoms with van der Waals surface area (Å²) < 4.78 is 73.2. The van der Waals surface area contributed by atoms with Gasteiger partial charge in [-0.3, -0.25) is 4.79 Å². The van der Waals surface area contributed by atoms with E-state index in [0.29, 0.717) is 18.1 Å². The zero-order valence-corrected chi connectivity index (χ0v) is 18.1. The Labute approximate surface area is 193 Å². The van der Waals surface area contributed by atoms with Crippen molar-refractivity contribution in [3.05, 3.63) is 84.1 Å². The third-order valence-electron chi connectivity index (χ3n) is 5.59. The number of benzene rings is 2. The number of hydrogen-bond donors (Lipinski definition) is 0. The highest BCUT2D eigenvalue weighted by molar-refractivity contribution is 5.87. The maximum atomic E-state index is 14.7. The van der Waals surface area contributed by atoms with E-state index in [0.717, 1.165) is 0 Å². The Balaban J connectivity index is 1.54. The Morgan fingerprint density at radius 2 is 1.62 bits per heavy atom. The first-order valence-electron chi connectivity index (χ1n) is 10.5. The van der Waals surface area contributed by atoms with Crippen LogP contribution in [-0.4, -0.2) is 29.4 Å². The average molecular weight is 475 g/mol. The van der Waals surface area contributed by atoms with Gasteiger partial charge in [0.25, 0.3) is 0 Å². The highest BCUT2D eigenvalue weighted by Crippen LogP contribution is 2.64. The smallest absolute Gasteiger partial charge is 0.330 e. The van der Waals surface area contributed by atoms with Gasteiger partial charge in [-0.1, -0.05) is 36.4 Å². The molecule has 1 aliphatic carbocycles. The van der Waals surface area contributed by atoms with Crippen LogP contribution in [0.2, 0.25) is 0 Å². The van der Waals surface area contributed by atoms with Crippen LogP contribution in [0.4, 0.5) is 17.6 Å². The number of pyridine rings is 1. The van der Waals surface area contributed by atoms with E-state index in [1.807, 2.05) is 6.07 Å². The van der Waals surface area contributed by atoms with E-state index in [2.05, 4.69) is 4.98 Å². The lowest BCUT2D eigenvalue weighted by molar-refractivity contribution is -0.323. The molecular formula is C25H21F4NO4. The summed E-state index contributed by atoms with van der Waals surface area (Å²) in [6.45, 7) is 1.58. The molecule has 0 radical (unpaired) electrons. The molecule has 178 valence electrons. The van der Waals surface area contributed by atoms with E-state index in [9.17, 15) is 22.4 Å². The van der Waals surface area contributed by atoms with E-state index in [-0.39, 0.29) is 17.1 Å². The van der Waals surface area contributed by atoms with Gasteiger partial charge in [0.2, 0.25) is 5.88 Å². The third-order valence-corrected chi connectivity index (χ3v) is 5.59. The monoisotopic (exact) mass is 475 g/mol. The molecular weight excluding hydrogens is 454 g/mol. The number of ether oxygens (including phenoxy) is 3. The van der Waals surface area contributed by atoms with Crippen LogP contribution in [0.5, 0.6) is 17.4 Å². The van der Waals surface area contributed by atoms with Gasteiger partial charge < -0.3 is 14.2 Å². The molecule has 3 aromatic rings. The van der Waals surface area contributed by atoms with Crippen LogP contribution in [0, 0.1) is 0 Å². The summed E-state index contributed by atoms with van der Waals surface area (Å²) in [5.41, 5.74) is -2.89. The van der Waals surface area contributed by atoms with E-state index in [1.54, 1.807) is 43.3 Å². The van der Waals surface area contributed by atoms with Crippen molar-refractivity contribution in [3.63, 3.8) is 0 Å². The van der Waals surface area contributed by atoms with Gasteiger partial charge in [-0.05, 0) is 42.8 Å². The standard InChI is InChI=1S/C25H21F4NO4/c1-2-32-19-13-11-17(12-14-19)23(16-24(26,27)25(23,28)29)22(31)33-15-18-7-6-10-21(30-18)34-20-8-4-3-5-9-20/h3-14H,2,15-16H2,1H3. The quantitative estimate of drug-likeness (QED) is 0.299. The molecule has 0 N–H and O–H groups in total. The molecule has 1 aromatic heterocycles. The number of esters is 1. The van der Waals surface area contributed by atoms with Gasteiger partial charge in [-0.2, -0.15) is 17.6 Å². The Kier molecular flexibility index (Phi) is 6.20. The van der Waals surface area contributed by atoms with Gasteiger partial charge in [-0.25, -0.2) is 4.98 Å². The fourth-order valence-corrected chi connectivity index (χ4v) is 3.83. The van der Waals surface area contributed by atoms with Gasteiger partial charge in [0.15, 0.2) is 5.41 Å². The summed E-state index contributed by atoms with van der Waals surface area (Å²) in [6.07, 6.45) is -1.37. The minimum Gasteiger partial charge on any atom is -0.494 e. The molecule has 5 nitrogen and oxygen atoms in total. The molecule has 4 rings (SSSR count). The topological polar surface area (TPSA) is 57.7 Å². The molecule has 0 amide bonds. The molecule has 1 fully saturated rings. The molecule has 1 heterocycles. The van der Waals surface area contributed by atoms with E-state index < -0.39 is 36.3 Å². The predicted molar refractivity (Wildman–Crippen MR) is 114 cm³/mol. The summed E-state index contributed by atoms with van der Waals surface area (Å²) in [4.78, 5) is 17.1. The van der Waals surface area contributed by atoms with Crippen LogP contribution in [0.25, 0.3) is 0 Å². The highest BCUT2D eigenvalue weighted by Gasteiger charge is 2.84. The number of hydrogen-bond acceptors (Lipinski definition) is 5. The molecule has 0 spiro atoms. The molecule has 0 aliphatic heterocycles. The van der Waals surface area contributed by atoms with Gasteiger partial charge in [0.05, 0.1) is 12.3 Å². The summed E-state index contributed by atoms with van der Waals surface area (Å²) in [5.74, 6) is -9.34. The van der Waals surface area contributed by atoms with Crippen molar-refractivity contribution in [2.24, 2.45) is 0 Å². The second-order valence-corrected chi connectivity index (χ2v) is 7.78. The lowest BCUT2D eigenvalue weighted by Gasteiger charge is -2.51. The number of nitrogens with zero attached hydrogens (tertiary/aromatic N) is 1. The molecule has 1 unspecified atom stereocenters. The molecule has 1 atom stereocenters. The number of para-hydroxylation sites is 1. The number of halogens is 4. The maximum Gasteiger partial charge on any atom is 0.330 e. The van der Waals surface area contributed by atoms with Crippen molar-refractivity contribution < 1.29 is 36.6 Å². The Hall–Kier alpha value is -3.62. The number of carbonyl (C=O) groups is 1. The van der Waals surface area contributed by atoms with E-state index in [4.69, 9.17) is 14.2 Å². The summed E-state index contributed by atoms with van der Waals surface area (Å²) in [5, 5.41) is 0. The summed E-state index contributed by atoms with van der Waals surface area (Å²) in [6, 6.07) is 18.5. The van der Waals surface area contributed by atoms with Crippen LogP contribution in [0.1, 0.15) is 24.6 Å². The van der Waals surface area contributed by atoms with Crippen molar-refractivity contribution in [3.8, 4) is 17.4 Å². The van der Waals surface area contributed by atoms with Crippen molar-refractivity contribution >= 4 is 5.97 Å². The first kappa shape index (κ1) is 23.5. The summed E-state index contributed by atoms with van der Waals surface area (Å²) in [7, 11) is 0. The predicted octanol–water partition coefficient (Wildman–Crippen LogP) is 5.93. The zero-order chi connectivity index (χ0) is 24.4. The van der Waals surface area contributed by atoms with E-state index in [1.165, 1.54) is 30.3 Å². The van der Waals surface area contributed by atoms with Crippen LogP contribution in [-0.2, 0) is 21.6 Å². The lowest BCUT2D eigenvalue weighted by Crippen LogP contribution is -2.72. The Morgan fingerprint density at radius 1 is 0.912 bits per heavy atom. The average Bonchev–Trinajstić information content (AvgIpc) is 2.82. The largest absolute Gasteiger partial charge is 0.494 e. The van der Waals surface area contributed by atoms with Crippen molar-refractivity contribution in [1.82, 2.24) is 4.98 Å². The van der Waals surface area contributed by atoms with Crippen LogP contribution < -0.4 is 9.47 Å². The van der Waals surface area contributed by atoms with Crippen molar-refractivity contribution in [2.45, 2.75) is 37.2 Å². The maximum absolute atomic E-state index is 14.7. The van der Waals surface area contributed by atoms with Gasteiger partial charge in [0.1, 0.15) is 18.1 Å². The number of aromatic nitrogens is 1. The number of rotatable bonds is 8. The Morgan fingerprint density at radius 3 is 2.24 bits per heavy atom. The van der Waals surface area contributed by atoms with E-state index >= 15 is 0 Å². The molecule has 1 aliphatic rings. The van der Waals surface area contributed by atoms with Crippen LogP contribution >= 0.6 is 0 Å². The van der Waals surface area contributed by atoms with Crippen molar-refractivity contribution in [2.75, 3.05) is 6.61 Å². The lowest BCUT2D eigenvalue weighted by atomic mass is 9.58. The molecule has 0 saturated heterocycles. The number of carbonyl (C=O) groups excluding carboxylic acids is 1. The van der Waals surface area contributed by atoms with Crippen molar-refractivity contribution in [1.29, 1.82) is 0 Å². The summed E-state index contributed by atoms with van der Waals surface area (Å²) >= 11 is 0. The number of alkyl halides is 4. The fraction of sp³-hybridized carbons (Fsp3) is 0.280. The van der Waals surface area contributed by atoms with Gasteiger partial charge >= 0.3 is 17.8 Å². The van der Waals surface area contributed by atoms with Gasteiger partial charge in [-0.15, -0.1) is 0 Å². The first-order chi connectivity index (χ1) is 16.2. The van der Waals surface area contributed by atoms with Crippen LogP contribution in [0.3, 0.4) is 0 Å². The first-order valence-corrected chi connectivity index (χ1v) is 10.5. The third kappa shape index (κ3) is 4.06. The molecule has 2 aromatic carbocycles. The Bertz CT molecular complexity index is 1160. The highest BCUT2D eigenvalue weighted by atomic mass is 19.3. The van der Waals surface area contributed by atoms with Crippen LogP contribution in [0.15, 0.2) is 72.8 Å². The minimum atomic E-state index is -4.63. The second kappa shape index (κ2) is 8.96. The normalized spacial score (nSPS) is 20.1. The fourth-order valence-electron chi connectivity index (χ4n) is 3.83. The minimum absolute atomic E-state index is 0.196. The molecule has 34 heavy (non-hydrogen) atoms. The SMILES string of the molecule is CCOc1ccc(C2(C(=O)OCc3cccc(Oc4ccccc4)n3)CC(F)(F)C2(F)F)cc1.